The third-order valence-corrected chi connectivity index (χ3v) is 8.81. The number of non-ortho nitro benzene ring substituents is 1. The molecule has 176 valence electrons. The predicted molar refractivity (Wildman–Crippen MR) is 131 cm³/mol. The summed E-state index contributed by atoms with van der Waals surface area (Å²) < 4.78 is 0.664. The highest BCUT2D eigenvalue weighted by atomic mass is 32.2. The Labute approximate surface area is 205 Å². The van der Waals surface area contributed by atoms with Crippen LogP contribution in [0.1, 0.15) is 25.5 Å². The van der Waals surface area contributed by atoms with Gasteiger partial charge in [-0.15, -0.1) is 0 Å². The van der Waals surface area contributed by atoms with E-state index < -0.39 is 40.3 Å². The van der Waals surface area contributed by atoms with Crippen LogP contribution < -0.4 is 4.90 Å². The van der Waals surface area contributed by atoms with Crippen LogP contribution in [0.25, 0.3) is 0 Å². The van der Waals surface area contributed by atoms with Gasteiger partial charge >= 0.3 is 0 Å². The molecule has 0 radical (unpaired) electrons. The van der Waals surface area contributed by atoms with Crippen LogP contribution in [0.4, 0.5) is 11.4 Å². The predicted octanol–water partition coefficient (Wildman–Crippen LogP) is 3.51. The second-order valence-corrected chi connectivity index (χ2v) is 10.7. The number of imide groups is 1. The lowest BCUT2D eigenvalue weighted by molar-refractivity contribution is -0.385. The highest BCUT2D eigenvalue weighted by molar-refractivity contribution is 8.23. The lowest BCUT2D eigenvalue weighted by atomic mass is 9.89. The molecule has 0 N–H and O–H groups in total. The minimum absolute atomic E-state index is 0.0939. The number of amides is 2. The number of anilines is 1. The summed E-state index contributed by atoms with van der Waals surface area (Å²) in [6.45, 7) is 4.01. The highest BCUT2D eigenvalue weighted by Crippen LogP contribution is 2.52. The zero-order chi connectivity index (χ0) is 24.4. The average Bonchev–Trinajstić information content (AvgIpc) is 3.39. The van der Waals surface area contributed by atoms with Crippen molar-refractivity contribution in [2.24, 2.45) is 5.92 Å². The summed E-state index contributed by atoms with van der Waals surface area (Å²) in [5.41, 5.74) is 0.430. The second kappa shape index (κ2) is 8.12. The highest BCUT2D eigenvalue weighted by Gasteiger charge is 2.63. The molecule has 0 saturated carbocycles. The number of nitro benzene ring substituents is 1. The minimum atomic E-state index is -1.03. The van der Waals surface area contributed by atoms with Gasteiger partial charge in [-0.05, 0) is 31.5 Å². The molecule has 0 unspecified atom stereocenters. The Morgan fingerprint density at radius 2 is 1.79 bits per heavy atom. The van der Waals surface area contributed by atoms with Gasteiger partial charge < -0.3 is 4.90 Å². The number of nitro groups is 1. The number of hydroxylamine groups is 2. The number of thioether (sulfide) groups is 1. The van der Waals surface area contributed by atoms with Crippen molar-refractivity contribution in [3.05, 3.63) is 70.3 Å². The summed E-state index contributed by atoms with van der Waals surface area (Å²) in [5, 5.41) is 12.8. The standard InChI is InChI=1S/C23H22N4O5S2/c1-23(2)21(34-22(33)24(23)3)26-17(13-8-7-11-15(12-13)27(30)31)16-18(32-26)20(29)25(19(16)28)14-9-5-4-6-10-14/h4-12,16-18,21H,1-3H3/t16-,17+,18+,21+/m1/s1. The molecular formula is C23H22N4O5S2. The second-order valence-electron chi connectivity index (χ2n) is 9.00. The molecule has 3 heterocycles. The van der Waals surface area contributed by atoms with Crippen LogP contribution in [-0.4, -0.2) is 55.1 Å². The van der Waals surface area contributed by atoms with Crippen molar-refractivity contribution >= 4 is 51.5 Å². The van der Waals surface area contributed by atoms with Crippen LogP contribution in [0.2, 0.25) is 0 Å². The largest absolute Gasteiger partial charge is 0.353 e. The first kappa shape index (κ1) is 22.9. The van der Waals surface area contributed by atoms with Crippen LogP contribution in [-0.2, 0) is 14.4 Å². The number of carbonyl (C=O) groups excluding carboxylic acids is 2. The van der Waals surface area contributed by atoms with Gasteiger partial charge in [0.05, 0.1) is 28.1 Å². The van der Waals surface area contributed by atoms with Gasteiger partial charge in [-0.2, -0.15) is 5.06 Å². The molecule has 9 nitrogen and oxygen atoms in total. The van der Waals surface area contributed by atoms with Crippen molar-refractivity contribution < 1.29 is 19.3 Å². The summed E-state index contributed by atoms with van der Waals surface area (Å²) in [6, 6.07) is 14.2. The fraction of sp³-hybridized carbons (Fsp3) is 0.348. The van der Waals surface area contributed by atoms with Crippen molar-refractivity contribution in [2.75, 3.05) is 11.9 Å². The molecular weight excluding hydrogens is 476 g/mol. The van der Waals surface area contributed by atoms with Gasteiger partial charge in [-0.1, -0.05) is 54.3 Å². The molecule has 2 aromatic carbocycles. The maximum Gasteiger partial charge on any atom is 0.269 e. The maximum absolute atomic E-state index is 13.7. The molecule has 3 aliphatic rings. The van der Waals surface area contributed by atoms with Gasteiger partial charge in [0.15, 0.2) is 6.10 Å². The fourth-order valence-electron chi connectivity index (χ4n) is 4.73. The molecule has 3 saturated heterocycles. The van der Waals surface area contributed by atoms with Gasteiger partial charge in [0.1, 0.15) is 9.69 Å². The summed E-state index contributed by atoms with van der Waals surface area (Å²) in [5.74, 6) is -1.70. The Morgan fingerprint density at radius 1 is 1.09 bits per heavy atom. The Balaban J connectivity index is 1.61. The number of rotatable bonds is 4. The summed E-state index contributed by atoms with van der Waals surface area (Å²) in [4.78, 5) is 47.4. The average molecular weight is 499 g/mol. The van der Waals surface area contributed by atoms with Crippen molar-refractivity contribution in [3.63, 3.8) is 0 Å². The summed E-state index contributed by atoms with van der Waals surface area (Å²) in [6.07, 6.45) is -1.03. The normalized spacial score (nSPS) is 28.6. The van der Waals surface area contributed by atoms with Gasteiger partial charge in [0.25, 0.3) is 11.6 Å². The number of hydrogen-bond acceptors (Lipinski definition) is 8. The lowest BCUT2D eigenvalue weighted by Gasteiger charge is -2.39. The van der Waals surface area contributed by atoms with E-state index in [0.29, 0.717) is 15.6 Å². The molecule has 0 spiro atoms. The van der Waals surface area contributed by atoms with Crippen molar-refractivity contribution in [1.82, 2.24) is 9.96 Å². The van der Waals surface area contributed by atoms with Crippen LogP contribution in [0.3, 0.4) is 0 Å². The topological polar surface area (TPSA) is 96.2 Å². The number of nitrogens with zero attached hydrogens (tertiary/aromatic N) is 4. The number of hydrogen-bond donors (Lipinski definition) is 0. The number of likely N-dealkylation sites (N-methyl/N-ethyl adjacent to an activating group) is 1. The van der Waals surface area contributed by atoms with Crippen LogP contribution in [0.15, 0.2) is 54.6 Å². The molecule has 2 amide bonds. The SMILES string of the molecule is CN1C(=S)S[C@H](N2O[C@@H]3C(=O)N(c4ccccc4)C(=O)[C@@H]3[C@@H]2c2cccc([N+](=O)[O-])c2)C1(C)C. The monoisotopic (exact) mass is 498 g/mol. The quantitative estimate of drug-likeness (QED) is 0.272. The molecule has 34 heavy (non-hydrogen) atoms. The Morgan fingerprint density at radius 3 is 2.41 bits per heavy atom. The zero-order valence-corrected chi connectivity index (χ0v) is 20.3. The van der Waals surface area contributed by atoms with E-state index in [1.807, 2.05) is 25.8 Å². The van der Waals surface area contributed by atoms with E-state index >= 15 is 0 Å². The molecule has 5 rings (SSSR count). The van der Waals surface area contributed by atoms with Gasteiger partial charge in [-0.25, -0.2) is 4.90 Å². The number of thiocarbonyl (C=S) groups is 1. The van der Waals surface area contributed by atoms with E-state index in [1.54, 1.807) is 47.5 Å². The van der Waals surface area contributed by atoms with Crippen molar-refractivity contribution in [2.45, 2.75) is 36.9 Å². The molecule has 0 bridgehead atoms. The van der Waals surface area contributed by atoms with E-state index in [-0.39, 0.29) is 11.1 Å². The van der Waals surface area contributed by atoms with E-state index in [9.17, 15) is 19.7 Å². The van der Waals surface area contributed by atoms with Gasteiger partial charge in [0, 0.05) is 19.2 Å². The van der Waals surface area contributed by atoms with E-state index in [0.717, 1.165) is 4.90 Å². The number of fused-ring (bicyclic) bond motifs is 1. The summed E-state index contributed by atoms with van der Waals surface area (Å²) in [7, 11) is 1.89. The molecule has 3 aliphatic heterocycles. The summed E-state index contributed by atoms with van der Waals surface area (Å²) >= 11 is 6.93. The number of carbonyl (C=O) groups is 2. The Bertz CT molecular complexity index is 1210. The first-order valence-electron chi connectivity index (χ1n) is 10.7. The molecule has 2 aromatic rings. The fourth-order valence-corrected chi connectivity index (χ4v) is 6.55. The van der Waals surface area contributed by atoms with Crippen LogP contribution >= 0.6 is 24.0 Å². The number of para-hydroxylation sites is 1. The van der Waals surface area contributed by atoms with E-state index in [4.69, 9.17) is 17.1 Å². The van der Waals surface area contributed by atoms with E-state index in [2.05, 4.69) is 0 Å². The zero-order valence-electron chi connectivity index (χ0n) is 18.7. The van der Waals surface area contributed by atoms with Crippen LogP contribution in [0, 0.1) is 16.0 Å². The molecule has 4 atom stereocenters. The minimum Gasteiger partial charge on any atom is -0.353 e. The lowest BCUT2D eigenvalue weighted by Crippen LogP contribution is -2.51. The Kier molecular flexibility index (Phi) is 5.47. The smallest absolute Gasteiger partial charge is 0.269 e. The molecule has 11 heteroatoms. The molecule has 0 aromatic heterocycles. The first-order valence-corrected chi connectivity index (χ1v) is 12.0. The van der Waals surface area contributed by atoms with E-state index in [1.165, 1.54) is 23.9 Å². The van der Waals surface area contributed by atoms with Gasteiger partial charge in [-0.3, -0.25) is 24.5 Å². The van der Waals surface area contributed by atoms with Gasteiger partial charge in [0.2, 0.25) is 5.91 Å². The third-order valence-electron chi connectivity index (χ3n) is 6.77. The van der Waals surface area contributed by atoms with Crippen molar-refractivity contribution in [1.29, 1.82) is 0 Å². The first-order chi connectivity index (χ1) is 16.1. The molecule has 0 aliphatic carbocycles. The Hall–Kier alpha value is -2.86. The third kappa shape index (κ3) is 3.34. The maximum atomic E-state index is 13.7. The number of benzene rings is 2. The molecule has 3 fully saturated rings. The van der Waals surface area contributed by atoms with Crippen molar-refractivity contribution in [3.8, 4) is 0 Å². The van der Waals surface area contributed by atoms with Crippen LogP contribution in [0.5, 0.6) is 0 Å².